The van der Waals surface area contributed by atoms with Crippen LogP contribution in [0.3, 0.4) is 0 Å². The van der Waals surface area contributed by atoms with E-state index in [2.05, 4.69) is 130 Å². The van der Waals surface area contributed by atoms with Crippen LogP contribution in [0.1, 0.15) is 310 Å². The summed E-state index contributed by atoms with van der Waals surface area (Å²) in [6.07, 6.45) is 89.5. The summed E-state index contributed by atoms with van der Waals surface area (Å²) in [7, 11) is 0. The summed E-state index contributed by atoms with van der Waals surface area (Å²) in [6.45, 7) is 6.49. The number of unbranched alkanes of at least 4 members (excludes halogenated alkanes) is 30. The number of hydrogen-bond donors (Lipinski definition) is 0. The van der Waals surface area contributed by atoms with Gasteiger partial charge >= 0.3 is 17.9 Å². The van der Waals surface area contributed by atoms with Crippen LogP contribution < -0.4 is 0 Å². The summed E-state index contributed by atoms with van der Waals surface area (Å²) in [4.78, 5) is 38.3. The maximum Gasteiger partial charge on any atom is 0.306 e. The summed E-state index contributed by atoms with van der Waals surface area (Å²) < 4.78 is 16.9. The van der Waals surface area contributed by atoms with Gasteiger partial charge in [-0.1, -0.05) is 297 Å². The molecule has 0 heterocycles. The van der Waals surface area contributed by atoms with E-state index >= 15 is 0 Å². The van der Waals surface area contributed by atoms with E-state index in [1.54, 1.807) is 0 Å². The van der Waals surface area contributed by atoms with E-state index in [0.717, 1.165) is 128 Å². The smallest absolute Gasteiger partial charge is 0.306 e. The predicted molar refractivity (Wildman–Crippen MR) is 339 cm³/mol. The Bertz CT molecular complexity index is 1570. The molecule has 0 bridgehead atoms. The normalized spacial score (nSPS) is 12.8. The van der Waals surface area contributed by atoms with Crippen molar-refractivity contribution in [3.8, 4) is 0 Å². The molecule has 0 aromatic heterocycles. The van der Waals surface area contributed by atoms with Crippen molar-refractivity contribution >= 4 is 17.9 Å². The van der Waals surface area contributed by atoms with Crippen molar-refractivity contribution in [2.24, 2.45) is 0 Å². The van der Waals surface area contributed by atoms with Gasteiger partial charge in [0.25, 0.3) is 0 Å². The average Bonchev–Trinajstić information content (AvgIpc) is 3.44. The molecule has 78 heavy (non-hydrogen) atoms. The number of carbonyl (C=O) groups is 3. The highest BCUT2D eigenvalue weighted by atomic mass is 16.6. The minimum absolute atomic E-state index is 0.0838. The summed E-state index contributed by atoms with van der Waals surface area (Å²) in [5, 5.41) is 0. The van der Waals surface area contributed by atoms with Crippen LogP contribution in [0.15, 0.2) is 109 Å². The van der Waals surface area contributed by atoms with Crippen molar-refractivity contribution in [3.05, 3.63) is 109 Å². The molecule has 0 aliphatic rings. The van der Waals surface area contributed by atoms with Gasteiger partial charge in [0.2, 0.25) is 0 Å². The van der Waals surface area contributed by atoms with Crippen LogP contribution in [0, 0.1) is 0 Å². The van der Waals surface area contributed by atoms with Gasteiger partial charge in [0.05, 0.1) is 0 Å². The van der Waals surface area contributed by atoms with Gasteiger partial charge in [-0.05, 0) is 103 Å². The van der Waals surface area contributed by atoms with Crippen LogP contribution in [-0.4, -0.2) is 37.2 Å². The van der Waals surface area contributed by atoms with Crippen LogP contribution >= 0.6 is 0 Å². The van der Waals surface area contributed by atoms with Crippen molar-refractivity contribution in [3.63, 3.8) is 0 Å². The van der Waals surface area contributed by atoms with Gasteiger partial charge in [0.1, 0.15) is 13.2 Å². The van der Waals surface area contributed by atoms with Gasteiger partial charge in [-0.25, -0.2) is 0 Å². The van der Waals surface area contributed by atoms with E-state index in [9.17, 15) is 14.4 Å². The topological polar surface area (TPSA) is 78.9 Å². The minimum atomic E-state index is -0.786. The van der Waals surface area contributed by atoms with Crippen molar-refractivity contribution in [1.29, 1.82) is 0 Å². The Morgan fingerprint density at radius 3 is 0.821 bits per heavy atom. The molecule has 0 aliphatic heterocycles. The molecule has 6 nitrogen and oxygen atoms in total. The van der Waals surface area contributed by atoms with Gasteiger partial charge in [0, 0.05) is 19.3 Å². The van der Waals surface area contributed by atoms with Crippen LogP contribution in [0.25, 0.3) is 0 Å². The Labute approximate surface area is 482 Å². The van der Waals surface area contributed by atoms with Gasteiger partial charge in [-0.3, -0.25) is 14.4 Å². The molecule has 0 N–H and O–H groups in total. The molecule has 0 amide bonds. The zero-order chi connectivity index (χ0) is 56.4. The molecular weight excluding hydrogens is 961 g/mol. The summed E-state index contributed by atoms with van der Waals surface area (Å²) in [5.41, 5.74) is 0. The molecule has 0 aromatic carbocycles. The third-order valence-electron chi connectivity index (χ3n) is 14.0. The van der Waals surface area contributed by atoms with Crippen molar-refractivity contribution in [2.45, 2.75) is 316 Å². The Kier molecular flexibility index (Phi) is 62.3. The Morgan fingerprint density at radius 2 is 0.513 bits per heavy atom. The predicted octanol–water partition coefficient (Wildman–Crippen LogP) is 22.6. The fourth-order valence-corrected chi connectivity index (χ4v) is 9.09. The second-order valence-corrected chi connectivity index (χ2v) is 21.6. The maximum absolute atomic E-state index is 12.9. The van der Waals surface area contributed by atoms with Crippen LogP contribution in [0.2, 0.25) is 0 Å². The molecule has 1 atom stereocenters. The molecular formula is C72H122O6. The number of ether oxygens (including phenoxy) is 3. The Morgan fingerprint density at radius 1 is 0.269 bits per heavy atom. The lowest BCUT2D eigenvalue weighted by Gasteiger charge is -2.18. The van der Waals surface area contributed by atoms with Crippen molar-refractivity contribution in [2.75, 3.05) is 13.2 Å². The number of allylic oxidation sites excluding steroid dienone is 18. The monoisotopic (exact) mass is 1080 g/mol. The molecule has 0 aromatic rings. The molecule has 0 aliphatic carbocycles. The third-order valence-corrected chi connectivity index (χ3v) is 14.0. The maximum atomic E-state index is 12.9. The van der Waals surface area contributed by atoms with E-state index in [1.807, 2.05) is 0 Å². The van der Waals surface area contributed by atoms with Gasteiger partial charge in [-0.15, -0.1) is 0 Å². The molecule has 0 spiro atoms. The summed E-state index contributed by atoms with van der Waals surface area (Å²) in [5.74, 6) is -0.893. The third kappa shape index (κ3) is 62.9. The van der Waals surface area contributed by atoms with Crippen molar-refractivity contribution < 1.29 is 28.6 Å². The highest BCUT2D eigenvalue weighted by molar-refractivity contribution is 5.71. The second-order valence-electron chi connectivity index (χ2n) is 21.6. The molecule has 0 saturated heterocycles. The fraction of sp³-hybridized carbons (Fsp3) is 0.708. The zero-order valence-corrected chi connectivity index (χ0v) is 51.2. The first-order chi connectivity index (χ1) is 38.5. The largest absolute Gasteiger partial charge is 0.462 e. The molecule has 446 valence electrons. The van der Waals surface area contributed by atoms with Gasteiger partial charge in [-0.2, -0.15) is 0 Å². The van der Waals surface area contributed by atoms with E-state index in [4.69, 9.17) is 14.2 Å². The first-order valence-corrected chi connectivity index (χ1v) is 32.9. The summed E-state index contributed by atoms with van der Waals surface area (Å²) >= 11 is 0. The highest BCUT2D eigenvalue weighted by Crippen LogP contribution is 2.16. The quantitative estimate of drug-likeness (QED) is 0.0261. The standard InChI is InChI=1S/C72H122O6/c1-4-7-10-13-16-19-22-25-28-29-30-31-32-33-34-35-36-37-38-39-40-41-42-43-45-47-50-53-56-59-62-65-71(74)77-68-69(67-76-70(73)64-61-58-55-52-49-46-27-24-21-18-15-12-9-6-3)78-72(75)66-63-60-57-54-51-48-44-26-23-20-17-14-11-8-5-2/h7,10,15-16,18-19,24-25,27-28,30-31,33-34,36-37,39-40,69H,4-6,8-9,11-14,17,20-23,26,29,32,35,38,41-68H2,1-3H3/b10-7-,18-15-,19-16-,27-24-,28-25-,31-30-,34-33-,37-36-,40-39-. The number of rotatable bonds is 59. The number of esters is 3. The van der Waals surface area contributed by atoms with Gasteiger partial charge < -0.3 is 14.2 Å². The molecule has 0 radical (unpaired) electrons. The zero-order valence-electron chi connectivity index (χ0n) is 51.2. The van der Waals surface area contributed by atoms with Crippen molar-refractivity contribution in [1.82, 2.24) is 0 Å². The molecule has 0 fully saturated rings. The number of carbonyl (C=O) groups excluding carboxylic acids is 3. The first-order valence-electron chi connectivity index (χ1n) is 32.9. The van der Waals surface area contributed by atoms with E-state index in [1.165, 1.54) is 141 Å². The molecule has 6 heteroatoms. The second kappa shape index (κ2) is 65.6. The molecule has 0 saturated carbocycles. The lowest BCUT2D eigenvalue weighted by molar-refractivity contribution is -0.167. The SMILES string of the molecule is CC/C=C\C/C=C\C/C=C\C/C=C\C/C=C\C/C=C\C/C=C\CCCCCCCCCCCC(=O)OCC(COC(=O)CCCCCCC/C=C\C/C=C\CCCC)OC(=O)CCCCCCCCCCCCCCCCC. The average molecular weight is 1080 g/mol. The Hall–Kier alpha value is -3.93. The number of hydrogen-bond acceptors (Lipinski definition) is 6. The van der Waals surface area contributed by atoms with Crippen LogP contribution in [-0.2, 0) is 28.6 Å². The fourth-order valence-electron chi connectivity index (χ4n) is 9.09. The van der Waals surface area contributed by atoms with Crippen LogP contribution in [0.4, 0.5) is 0 Å². The Balaban J connectivity index is 4.28. The molecule has 1 unspecified atom stereocenters. The first kappa shape index (κ1) is 74.1. The molecule has 0 rings (SSSR count). The van der Waals surface area contributed by atoms with Crippen LogP contribution in [0.5, 0.6) is 0 Å². The summed E-state index contributed by atoms with van der Waals surface area (Å²) in [6, 6.07) is 0. The lowest BCUT2D eigenvalue weighted by atomic mass is 10.0. The van der Waals surface area contributed by atoms with E-state index < -0.39 is 6.10 Å². The van der Waals surface area contributed by atoms with E-state index in [0.29, 0.717) is 19.3 Å². The van der Waals surface area contributed by atoms with Gasteiger partial charge in [0.15, 0.2) is 6.10 Å². The lowest BCUT2D eigenvalue weighted by Crippen LogP contribution is -2.30. The minimum Gasteiger partial charge on any atom is -0.462 e. The van der Waals surface area contributed by atoms with E-state index in [-0.39, 0.29) is 31.1 Å². The highest BCUT2D eigenvalue weighted by Gasteiger charge is 2.19.